The van der Waals surface area contributed by atoms with Gasteiger partial charge in [0.25, 0.3) is 0 Å². The highest BCUT2D eigenvalue weighted by atomic mass is 19.4. The number of hydrogen-bond donors (Lipinski definition) is 4. The number of carbonyl (C=O) groups is 1. The fourth-order valence-corrected chi connectivity index (χ4v) is 5.63. The van der Waals surface area contributed by atoms with Crippen molar-refractivity contribution in [2.24, 2.45) is 0 Å². The van der Waals surface area contributed by atoms with Crippen LogP contribution < -0.4 is 16.0 Å². The molecule has 15 heteroatoms. The Morgan fingerprint density at radius 1 is 0.857 bits per heavy atom. The third kappa shape index (κ3) is 8.52. The average Bonchev–Trinajstić information content (AvgIpc) is 3.75. The number of anilines is 3. The molecule has 1 fully saturated rings. The molecule has 5 aromatic rings. The van der Waals surface area contributed by atoms with Gasteiger partial charge in [0.05, 0.1) is 23.4 Å². The number of benzene rings is 4. The maximum absolute atomic E-state index is 13.8. The molecule has 1 aromatic heterocycles. The van der Waals surface area contributed by atoms with E-state index in [1.54, 1.807) is 42.5 Å². The van der Waals surface area contributed by atoms with E-state index in [1.165, 1.54) is 12.1 Å². The predicted molar refractivity (Wildman–Crippen MR) is 169 cm³/mol. The van der Waals surface area contributed by atoms with Crippen LogP contribution in [-0.4, -0.2) is 38.9 Å². The molecule has 1 saturated carbocycles. The van der Waals surface area contributed by atoms with Crippen LogP contribution in [-0.2, 0) is 12.6 Å². The maximum atomic E-state index is 13.8. The van der Waals surface area contributed by atoms with Gasteiger partial charge in [-0.2, -0.15) is 26.3 Å². The zero-order valence-corrected chi connectivity index (χ0v) is 25.5. The fourth-order valence-electron chi connectivity index (χ4n) is 5.63. The topological polar surface area (TPSA) is 108 Å². The number of nitrogens with zero attached hydrogens (tertiary/aromatic N) is 3. The largest absolute Gasteiger partial charge is 0.416 e. The highest BCUT2D eigenvalue weighted by Crippen LogP contribution is 2.41. The number of halogens is 7. The number of aromatic nitrogens is 4. The molecule has 0 bridgehead atoms. The Labute approximate surface area is 275 Å². The van der Waals surface area contributed by atoms with Crippen molar-refractivity contribution in [1.82, 2.24) is 20.6 Å². The van der Waals surface area contributed by atoms with Gasteiger partial charge in [-0.05, 0) is 94.3 Å². The second-order valence-electron chi connectivity index (χ2n) is 11.7. The number of nitrogens with one attached hydrogen (secondary N) is 4. The maximum Gasteiger partial charge on any atom is 0.416 e. The van der Waals surface area contributed by atoms with Crippen LogP contribution in [0.3, 0.4) is 0 Å². The number of carbonyl (C=O) groups excluding carboxylic acids is 1. The molecule has 4 aromatic carbocycles. The van der Waals surface area contributed by atoms with Gasteiger partial charge in [0.15, 0.2) is 5.82 Å². The minimum Gasteiger partial charge on any atom is -0.380 e. The summed E-state index contributed by atoms with van der Waals surface area (Å²) >= 11 is 0. The molecule has 1 unspecified atom stereocenters. The summed E-state index contributed by atoms with van der Waals surface area (Å²) in [5.41, 5.74) is 1.49. The second-order valence-corrected chi connectivity index (χ2v) is 11.7. The molecule has 2 amide bonds. The number of rotatable bonds is 10. The molecular formula is C34H28F7N7O. The lowest BCUT2D eigenvalue weighted by Gasteiger charge is -2.25. The normalized spacial score (nSPS) is 13.9. The molecule has 1 heterocycles. The van der Waals surface area contributed by atoms with Crippen molar-refractivity contribution < 1.29 is 35.5 Å². The summed E-state index contributed by atoms with van der Waals surface area (Å²) in [7, 11) is 0. The van der Waals surface area contributed by atoms with E-state index in [4.69, 9.17) is 0 Å². The van der Waals surface area contributed by atoms with Gasteiger partial charge in [-0.1, -0.05) is 48.5 Å². The summed E-state index contributed by atoms with van der Waals surface area (Å²) < 4.78 is 96.4. The second kappa shape index (κ2) is 13.6. The van der Waals surface area contributed by atoms with Crippen molar-refractivity contribution in [3.8, 4) is 22.5 Å². The van der Waals surface area contributed by atoms with E-state index in [0.29, 0.717) is 34.1 Å². The number of aromatic amines is 1. The van der Waals surface area contributed by atoms with E-state index in [2.05, 4.69) is 36.6 Å². The molecule has 0 radical (unpaired) electrons. The highest BCUT2D eigenvalue weighted by molar-refractivity contribution is 6.02. The molecular weight excluding hydrogens is 655 g/mol. The van der Waals surface area contributed by atoms with Crippen LogP contribution in [0.15, 0.2) is 84.9 Å². The number of tetrazole rings is 1. The first-order valence-electron chi connectivity index (χ1n) is 15.2. The zero-order valence-electron chi connectivity index (χ0n) is 25.5. The van der Waals surface area contributed by atoms with E-state index in [-0.39, 0.29) is 17.4 Å². The van der Waals surface area contributed by atoms with E-state index in [9.17, 15) is 35.5 Å². The number of hydrogen-bond acceptors (Lipinski definition) is 5. The average molecular weight is 684 g/mol. The lowest BCUT2D eigenvalue weighted by Crippen LogP contribution is -2.30. The fraction of sp³-hybridized carbons (Fsp3) is 0.235. The Balaban J connectivity index is 1.35. The van der Waals surface area contributed by atoms with Crippen LogP contribution >= 0.6 is 0 Å². The summed E-state index contributed by atoms with van der Waals surface area (Å²) in [6.45, 7) is 0. The number of amides is 2. The minimum absolute atomic E-state index is 0.00622. The SMILES string of the molecule is O=C(Nc1ccc(C2CC2)cc1)Nc1cc(-c2ccccc2-c2nnn[nH]2)ccc1NC(Cc1ccc(F)cc1C(F)(F)F)CC(F)(F)F. The Morgan fingerprint density at radius 2 is 1.59 bits per heavy atom. The van der Waals surface area contributed by atoms with Crippen molar-refractivity contribution in [3.63, 3.8) is 0 Å². The van der Waals surface area contributed by atoms with Gasteiger partial charge in [-0.3, -0.25) is 0 Å². The first-order chi connectivity index (χ1) is 23.3. The van der Waals surface area contributed by atoms with Gasteiger partial charge < -0.3 is 16.0 Å². The van der Waals surface area contributed by atoms with Crippen LogP contribution in [0.5, 0.6) is 0 Å². The zero-order chi connectivity index (χ0) is 34.8. The molecule has 0 aliphatic heterocycles. The smallest absolute Gasteiger partial charge is 0.380 e. The van der Waals surface area contributed by atoms with Crippen LogP contribution in [0.25, 0.3) is 22.5 Å². The summed E-state index contributed by atoms with van der Waals surface area (Å²) in [6.07, 6.45) is -9.86. The van der Waals surface area contributed by atoms with E-state index < -0.39 is 54.2 Å². The molecule has 1 aliphatic carbocycles. The van der Waals surface area contributed by atoms with E-state index >= 15 is 0 Å². The molecule has 0 saturated heterocycles. The van der Waals surface area contributed by atoms with Crippen LogP contribution in [0.1, 0.15) is 41.9 Å². The molecule has 1 aliphatic rings. The van der Waals surface area contributed by atoms with Crippen molar-refractivity contribution in [2.45, 2.75) is 50.0 Å². The van der Waals surface area contributed by atoms with Gasteiger partial charge in [-0.25, -0.2) is 14.3 Å². The van der Waals surface area contributed by atoms with Crippen molar-refractivity contribution in [2.75, 3.05) is 16.0 Å². The van der Waals surface area contributed by atoms with Crippen LogP contribution in [0.2, 0.25) is 0 Å². The Morgan fingerprint density at radius 3 is 2.24 bits per heavy atom. The Kier molecular flexibility index (Phi) is 9.26. The summed E-state index contributed by atoms with van der Waals surface area (Å²) in [5, 5.41) is 21.9. The summed E-state index contributed by atoms with van der Waals surface area (Å²) in [4.78, 5) is 13.2. The van der Waals surface area contributed by atoms with E-state index in [1.807, 2.05) is 12.1 Å². The standard InChI is InChI=1S/C34H28F7N7O/c35-23-11-7-22(28(17-23)34(39,40)41)15-25(18-33(36,37)38)42-29-14-10-21(26-3-1-2-4-27(26)31-45-47-48-46-31)16-30(29)44-32(49)43-24-12-8-20(9-13-24)19-5-6-19/h1-4,7-14,16-17,19,25,42H,5-6,15,18H2,(H2,43,44,49)(H,45,46,47,48). The monoisotopic (exact) mass is 683 g/mol. The first-order valence-corrected chi connectivity index (χ1v) is 15.2. The van der Waals surface area contributed by atoms with Gasteiger partial charge in [0, 0.05) is 17.3 Å². The van der Waals surface area contributed by atoms with Crippen LogP contribution in [0.4, 0.5) is 52.6 Å². The van der Waals surface area contributed by atoms with Gasteiger partial charge in [-0.15, -0.1) is 5.10 Å². The number of urea groups is 1. The first kappa shape index (κ1) is 33.4. The van der Waals surface area contributed by atoms with Gasteiger partial charge in [0.2, 0.25) is 0 Å². The van der Waals surface area contributed by atoms with E-state index in [0.717, 1.165) is 30.5 Å². The number of alkyl halides is 6. The highest BCUT2D eigenvalue weighted by Gasteiger charge is 2.37. The van der Waals surface area contributed by atoms with Crippen molar-refractivity contribution >= 4 is 23.1 Å². The third-order valence-electron chi connectivity index (χ3n) is 8.00. The number of H-pyrrole nitrogens is 1. The van der Waals surface area contributed by atoms with Crippen LogP contribution in [0, 0.1) is 5.82 Å². The predicted octanol–water partition coefficient (Wildman–Crippen LogP) is 9.19. The Bertz CT molecular complexity index is 1920. The molecule has 4 N–H and O–H groups in total. The Hall–Kier alpha value is -5.47. The lowest BCUT2D eigenvalue weighted by atomic mass is 9.96. The van der Waals surface area contributed by atoms with Gasteiger partial charge >= 0.3 is 18.4 Å². The van der Waals surface area contributed by atoms with Crippen molar-refractivity contribution in [3.05, 3.63) is 107 Å². The lowest BCUT2D eigenvalue weighted by molar-refractivity contribution is -0.139. The molecule has 0 spiro atoms. The third-order valence-corrected chi connectivity index (χ3v) is 8.00. The molecule has 8 nitrogen and oxygen atoms in total. The summed E-state index contributed by atoms with van der Waals surface area (Å²) in [5.74, 6) is -0.334. The van der Waals surface area contributed by atoms with Gasteiger partial charge in [0.1, 0.15) is 5.82 Å². The summed E-state index contributed by atoms with van der Waals surface area (Å²) in [6, 6.07) is 18.3. The quantitative estimate of drug-likeness (QED) is 0.110. The molecule has 49 heavy (non-hydrogen) atoms. The molecule has 254 valence electrons. The molecule has 1 atom stereocenters. The minimum atomic E-state index is -5.00. The van der Waals surface area contributed by atoms with Crippen molar-refractivity contribution in [1.29, 1.82) is 0 Å². The molecule has 6 rings (SSSR count).